The lowest BCUT2D eigenvalue weighted by Crippen LogP contribution is -2.54. The number of carbonyl (C=O) groups is 2. The van der Waals surface area contributed by atoms with Gasteiger partial charge in [-0.05, 0) is 52.3 Å². The lowest BCUT2D eigenvalue weighted by Gasteiger charge is -2.35. The topological polar surface area (TPSA) is 87.2 Å². The quantitative estimate of drug-likeness (QED) is 0.616. The molecule has 0 heterocycles. The summed E-state index contributed by atoms with van der Waals surface area (Å²) in [6.07, 6.45) is -0.747. The molecular weight excluding hydrogens is 430 g/mol. The molecule has 0 atom stereocenters. The molecular formula is C23H31N3O5S. The van der Waals surface area contributed by atoms with Gasteiger partial charge >= 0.3 is 12.1 Å². The van der Waals surface area contributed by atoms with Crippen molar-refractivity contribution in [1.82, 2.24) is 14.3 Å². The Hall–Kier alpha value is -3.07. The number of nitrogens with zero attached hydrogens (tertiary/aromatic N) is 3. The lowest BCUT2D eigenvalue weighted by atomic mass is 10.2. The Morgan fingerprint density at radius 2 is 1.53 bits per heavy atom. The summed E-state index contributed by atoms with van der Waals surface area (Å²) in [6, 6.07) is 14.2. The van der Waals surface area contributed by atoms with E-state index in [1.165, 1.54) is 19.2 Å². The Bertz CT molecular complexity index is 1030. The lowest BCUT2D eigenvalue weighted by molar-refractivity contribution is -0.0228. The number of urea groups is 1. The maximum Gasteiger partial charge on any atom is 0.429 e. The molecule has 0 saturated carbocycles. The van der Waals surface area contributed by atoms with E-state index in [4.69, 9.17) is 4.74 Å². The maximum atomic E-state index is 13.4. The molecule has 0 radical (unpaired) electrons. The smallest absolute Gasteiger partial charge is 0.429 e. The molecule has 0 unspecified atom stereocenters. The van der Waals surface area contributed by atoms with E-state index in [-0.39, 0.29) is 18.0 Å². The van der Waals surface area contributed by atoms with Gasteiger partial charge in [0, 0.05) is 13.6 Å². The van der Waals surface area contributed by atoms with Crippen LogP contribution in [0.2, 0.25) is 0 Å². The van der Waals surface area contributed by atoms with Gasteiger partial charge in [0.05, 0.1) is 11.4 Å². The molecule has 0 N–H and O–H groups in total. The Kier molecular flexibility index (Phi) is 7.90. The average Bonchev–Trinajstić information content (AvgIpc) is 2.71. The predicted octanol–water partition coefficient (Wildman–Crippen LogP) is 4.41. The zero-order valence-corrected chi connectivity index (χ0v) is 20.2. The minimum absolute atomic E-state index is 0.0129. The summed E-state index contributed by atoms with van der Waals surface area (Å²) in [5.41, 5.74) is 0.751. The van der Waals surface area contributed by atoms with Crippen LogP contribution in [0.3, 0.4) is 0 Å². The highest BCUT2D eigenvalue weighted by atomic mass is 32.2. The number of hydrazine groups is 1. The molecule has 3 amide bonds. The molecule has 0 bridgehead atoms. The van der Waals surface area contributed by atoms with Gasteiger partial charge in [0.15, 0.2) is 0 Å². The van der Waals surface area contributed by atoms with Crippen molar-refractivity contribution in [3.05, 3.63) is 65.7 Å². The fraction of sp³-hybridized carbons (Fsp3) is 0.391. The Morgan fingerprint density at radius 1 is 0.969 bits per heavy atom. The van der Waals surface area contributed by atoms with Crippen LogP contribution >= 0.6 is 0 Å². The van der Waals surface area contributed by atoms with Crippen LogP contribution in [0.5, 0.6) is 0 Å². The third-order valence-corrected chi connectivity index (χ3v) is 6.27. The fourth-order valence-electron chi connectivity index (χ4n) is 2.89. The van der Waals surface area contributed by atoms with Crippen LogP contribution < -0.4 is 0 Å². The number of hydrogen-bond acceptors (Lipinski definition) is 5. The largest absolute Gasteiger partial charge is 0.442 e. The second-order valence-corrected chi connectivity index (χ2v) is 10.2. The number of hydrogen-bond donors (Lipinski definition) is 0. The molecule has 0 aromatic heterocycles. The van der Waals surface area contributed by atoms with Gasteiger partial charge in [0.2, 0.25) is 0 Å². The molecule has 32 heavy (non-hydrogen) atoms. The summed E-state index contributed by atoms with van der Waals surface area (Å²) in [5.74, 6) is 0. The highest BCUT2D eigenvalue weighted by Gasteiger charge is 2.35. The number of amides is 3. The van der Waals surface area contributed by atoms with Gasteiger partial charge in [0.25, 0.3) is 10.0 Å². The first-order valence-electron chi connectivity index (χ1n) is 10.3. The molecule has 2 rings (SSSR count). The van der Waals surface area contributed by atoms with Gasteiger partial charge in [0.1, 0.15) is 5.60 Å². The van der Waals surface area contributed by atoms with Gasteiger partial charge in [-0.25, -0.2) is 32.3 Å². The third-order valence-electron chi connectivity index (χ3n) is 4.53. The van der Waals surface area contributed by atoms with Crippen LogP contribution in [0.25, 0.3) is 0 Å². The zero-order chi connectivity index (χ0) is 24.1. The van der Waals surface area contributed by atoms with E-state index in [2.05, 4.69) is 0 Å². The molecule has 0 aliphatic heterocycles. The van der Waals surface area contributed by atoms with Crippen LogP contribution in [0.4, 0.5) is 9.59 Å². The molecule has 9 heteroatoms. The van der Waals surface area contributed by atoms with Gasteiger partial charge in [-0.1, -0.05) is 48.0 Å². The number of benzene rings is 2. The van der Waals surface area contributed by atoms with E-state index >= 15 is 0 Å². The van der Waals surface area contributed by atoms with Crippen molar-refractivity contribution in [3.8, 4) is 0 Å². The van der Waals surface area contributed by atoms with E-state index in [1.807, 2.05) is 6.92 Å². The second kappa shape index (κ2) is 10.0. The van der Waals surface area contributed by atoms with Gasteiger partial charge in [-0.15, -0.1) is 0 Å². The molecule has 0 spiro atoms. The first-order chi connectivity index (χ1) is 14.9. The second-order valence-electron chi connectivity index (χ2n) is 8.31. The molecule has 2 aromatic rings. The molecule has 0 saturated heterocycles. The maximum absolute atomic E-state index is 13.4. The minimum Gasteiger partial charge on any atom is -0.442 e. The highest BCUT2D eigenvalue weighted by molar-refractivity contribution is 7.89. The summed E-state index contributed by atoms with van der Waals surface area (Å²) in [6.45, 7) is 8.58. The standard InChI is InChI=1S/C23H31N3O5S/c1-7-25(22(28)31-23(3,4)5)24(6)21(27)26(17-19-11-9-8-10-12-19)32(29,30)20-15-13-18(2)14-16-20/h8-16H,7,17H2,1-6H3. The molecule has 8 nitrogen and oxygen atoms in total. The highest BCUT2D eigenvalue weighted by Crippen LogP contribution is 2.22. The number of sulfonamides is 1. The summed E-state index contributed by atoms with van der Waals surface area (Å²) < 4.78 is 33.0. The van der Waals surface area contributed by atoms with E-state index in [0.717, 1.165) is 19.9 Å². The van der Waals surface area contributed by atoms with Crippen LogP contribution in [0.15, 0.2) is 59.5 Å². The van der Waals surface area contributed by atoms with Gasteiger partial charge in [-0.3, -0.25) is 0 Å². The normalized spacial score (nSPS) is 11.6. The molecule has 174 valence electrons. The first-order valence-corrected chi connectivity index (χ1v) is 11.7. The van der Waals surface area contributed by atoms with Crippen molar-refractivity contribution in [2.75, 3.05) is 13.6 Å². The monoisotopic (exact) mass is 461 g/mol. The SMILES string of the molecule is CCN(C(=O)OC(C)(C)C)N(C)C(=O)N(Cc1ccccc1)S(=O)(=O)c1ccc(C)cc1. The van der Waals surface area contributed by atoms with Crippen LogP contribution in [-0.2, 0) is 21.3 Å². The molecule has 0 aliphatic carbocycles. The average molecular weight is 462 g/mol. The van der Waals surface area contributed by atoms with E-state index < -0.39 is 27.7 Å². The van der Waals surface area contributed by atoms with Crippen LogP contribution in [0.1, 0.15) is 38.8 Å². The van der Waals surface area contributed by atoms with Crippen LogP contribution in [0, 0.1) is 6.92 Å². The van der Waals surface area contributed by atoms with Crippen molar-refractivity contribution in [3.63, 3.8) is 0 Å². The summed E-state index contributed by atoms with van der Waals surface area (Å²) in [5, 5.41) is 2.04. The third kappa shape index (κ3) is 6.23. The van der Waals surface area contributed by atoms with E-state index in [1.54, 1.807) is 70.2 Å². The number of aryl methyl sites for hydroxylation is 1. The van der Waals surface area contributed by atoms with Gasteiger partial charge < -0.3 is 4.74 Å². The summed E-state index contributed by atoms with van der Waals surface area (Å²) >= 11 is 0. The van der Waals surface area contributed by atoms with Crippen molar-refractivity contribution >= 4 is 22.1 Å². The summed E-state index contributed by atoms with van der Waals surface area (Å²) in [7, 11) is -2.85. The summed E-state index contributed by atoms with van der Waals surface area (Å²) in [4.78, 5) is 26.0. The zero-order valence-electron chi connectivity index (χ0n) is 19.4. The van der Waals surface area contributed by atoms with Crippen LogP contribution in [-0.4, -0.2) is 54.1 Å². The van der Waals surface area contributed by atoms with Crippen molar-refractivity contribution in [1.29, 1.82) is 0 Å². The van der Waals surface area contributed by atoms with Crippen molar-refractivity contribution in [2.45, 2.75) is 51.7 Å². The number of ether oxygens (including phenoxy) is 1. The Balaban J connectivity index is 2.45. The van der Waals surface area contributed by atoms with E-state index in [9.17, 15) is 18.0 Å². The van der Waals surface area contributed by atoms with Crippen molar-refractivity contribution in [2.24, 2.45) is 0 Å². The number of carbonyl (C=O) groups excluding carboxylic acids is 2. The van der Waals surface area contributed by atoms with E-state index in [0.29, 0.717) is 5.56 Å². The fourth-order valence-corrected chi connectivity index (χ4v) is 4.26. The number of rotatable bonds is 5. The first kappa shape index (κ1) is 25.2. The Morgan fingerprint density at radius 3 is 2.03 bits per heavy atom. The molecule has 0 fully saturated rings. The molecule has 0 aliphatic rings. The minimum atomic E-state index is -4.20. The van der Waals surface area contributed by atoms with Gasteiger partial charge in [-0.2, -0.15) is 0 Å². The predicted molar refractivity (Wildman–Crippen MR) is 122 cm³/mol. The Labute approximate surface area is 190 Å². The van der Waals surface area contributed by atoms with Crippen molar-refractivity contribution < 1.29 is 22.7 Å². The molecule has 2 aromatic carbocycles.